The number of aliphatic hydroxyl groups is 1. The first kappa shape index (κ1) is 15.1. The smallest absolute Gasteiger partial charge is 0.242 e. The van der Waals surface area contributed by atoms with Gasteiger partial charge in [0, 0.05) is 23.6 Å². The first-order valence-corrected chi connectivity index (χ1v) is 7.94. The third-order valence-corrected chi connectivity index (χ3v) is 4.68. The molecule has 4 heteroatoms. The van der Waals surface area contributed by atoms with Crippen LogP contribution in [0.2, 0.25) is 0 Å². The molecule has 0 saturated carbocycles. The number of aryl methyl sites for hydroxylation is 1. The van der Waals surface area contributed by atoms with Gasteiger partial charge in [-0.2, -0.15) is 0 Å². The number of benzene rings is 1. The van der Waals surface area contributed by atoms with Gasteiger partial charge in [-0.1, -0.05) is 18.2 Å². The molecule has 3 rings (SSSR count). The summed E-state index contributed by atoms with van der Waals surface area (Å²) in [6, 6.07) is 8.07. The molecule has 1 amide bonds. The topological polar surface area (TPSA) is 45.5 Å². The average Bonchev–Trinajstić information content (AvgIpc) is 3.05. The van der Waals surface area contributed by atoms with Gasteiger partial charge in [0.25, 0.3) is 0 Å². The van der Waals surface area contributed by atoms with Gasteiger partial charge in [0.1, 0.15) is 6.54 Å². The minimum absolute atomic E-state index is 0.0806. The number of likely N-dealkylation sites (tertiary alicyclic amines) is 1. The predicted molar refractivity (Wildman–Crippen MR) is 87.7 cm³/mol. The second-order valence-corrected chi connectivity index (χ2v) is 6.86. The molecule has 1 N–H and O–H groups in total. The van der Waals surface area contributed by atoms with Gasteiger partial charge >= 0.3 is 0 Å². The molecule has 0 radical (unpaired) electrons. The molecule has 1 aliphatic heterocycles. The van der Waals surface area contributed by atoms with E-state index in [9.17, 15) is 9.90 Å². The van der Waals surface area contributed by atoms with Gasteiger partial charge in [-0.25, -0.2) is 0 Å². The molecule has 1 aromatic carbocycles. The Labute approximate surface area is 131 Å². The van der Waals surface area contributed by atoms with Crippen LogP contribution < -0.4 is 0 Å². The van der Waals surface area contributed by atoms with Crippen molar-refractivity contribution in [3.63, 3.8) is 0 Å². The zero-order chi connectivity index (χ0) is 15.9. The molecular weight excluding hydrogens is 276 g/mol. The van der Waals surface area contributed by atoms with Gasteiger partial charge in [-0.15, -0.1) is 0 Å². The van der Waals surface area contributed by atoms with Crippen molar-refractivity contribution < 1.29 is 9.90 Å². The van der Waals surface area contributed by atoms with Crippen molar-refractivity contribution >= 4 is 16.8 Å². The number of hydrogen-bond donors (Lipinski definition) is 1. The summed E-state index contributed by atoms with van der Waals surface area (Å²) in [5.74, 6) is 0.0883. The number of fused-ring (bicyclic) bond motifs is 1. The summed E-state index contributed by atoms with van der Waals surface area (Å²) in [7, 11) is 0. The second-order valence-electron chi connectivity index (χ2n) is 6.86. The summed E-state index contributed by atoms with van der Waals surface area (Å²) in [5.41, 5.74) is 1.43. The van der Waals surface area contributed by atoms with Crippen LogP contribution in [-0.4, -0.2) is 38.7 Å². The molecule has 1 fully saturated rings. The van der Waals surface area contributed by atoms with Crippen LogP contribution in [0.5, 0.6) is 0 Å². The minimum Gasteiger partial charge on any atom is -0.388 e. The Kier molecular flexibility index (Phi) is 3.73. The summed E-state index contributed by atoms with van der Waals surface area (Å²) in [6.07, 6.45) is 3.88. The maximum atomic E-state index is 12.7. The van der Waals surface area contributed by atoms with E-state index in [0.29, 0.717) is 6.54 Å². The Morgan fingerprint density at radius 1 is 1.36 bits per heavy atom. The van der Waals surface area contributed by atoms with Gasteiger partial charge < -0.3 is 14.6 Å². The van der Waals surface area contributed by atoms with Crippen molar-refractivity contribution in [3.05, 3.63) is 36.0 Å². The normalized spacial score (nSPS) is 19.1. The molecule has 22 heavy (non-hydrogen) atoms. The standard InChI is InChI=1S/C18H24N2O2/c1-13-11-19(15-8-5-4-7-14(13)15)12-17(21)20-10-6-9-16(20)18(2,3)22/h4-5,7-8,11,16,22H,6,9-10,12H2,1-3H3. The molecule has 1 aliphatic rings. The monoisotopic (exact) mass is 300 g/mol. The molecule has 4 nitrogen and oxygen atoms in total. The van der Waals surface area contributed by atoms with Crippen molar-refractivity contribution in [2.45, 2.75) is 51.8 Å². The molecule has 0 spiro atoms. The number of amides is 1. The Morgan fingerprint density at radius 3 is 2.82 bits per heavy atom. The van der Waals surface area contributed by atoms with Crippen molar-refractivity contribution in [3.8, 4) is 0 Å². The zero-order valence-electron chi connectivity index (χ0n) is 13.5. The predicted octanol–water partition coefficient (Wildman–Crippen LogP) is 2.71. The average molecular weight is 300 g/mol. The summed E-state index contributed by atoms with van der Waals surface area (Å²) in [4.78, 5) is 14.6. The van der Waals surface area contributed by atoms with Crippen LogP contribution >= 0.6 is 0 Å². The van der Waals surface area contributed by atoms with Gasteiger partial charge in [0.2, 0.25) is 5.91 Å². The maximum absolute atomic E-state index is 12.7. The number of rotatable bonds is 3. The zero-order valence-corrected chi connectivity index (χ0v) is 13.5. The Hall–Kier alpha value is -1.81. The van der Waals surface area contributed by atoms with E-state index >= 15 is 0 Å². The molecule has 118 valence electrons. The van der Waals surface area contributed by atoms with E-state index in [1.165, 1.54) is 10.9 Å². The lowest BCUT2D eigenvalue weighted by Gasteiger charge is -2.34. The molecule has 1 saturated heterocycles. The fraction of sp³-hybridized carbons (Fsp3) is 0.500. The van der Waals surface area contributed by atoms with Gasteiger partial charge in [0.15, 0.2) is 0 Å². The number of hydrogen-bond acceptors (Lipinski definition) is 2. The molecule has 0 aliphatic carbocycles. The summed E-state index contributed by atoms with van der Waals surface area (Å²) < 4.78 is 2.02. The second kappa shape index (κ2) is 5.43. The number of carbonyl (C=O) groups is 1. The fourth-order valence-electron chi connectivity index (χ4n) is 3.60. The fourth-order valence-corrected chi connectivity index (χ4v) is 3.60. The van der Waals surface area contributed by atoms with Crippen LogP contribution in [0, 0.1) is 6.92 Å². The highest BCUT2D eigenvalue weighted by atomic mass is 16.3. The quantitative estimate of drug-likeness (QED) is 0.947. The van der Waals surface area contributed by atoms with Crippen LogP contribution in [0.4, 0.5) is 0 Å². The van der Waals surface area contributed by atoms with Crippen molar-refractivity contribution in [2.24, 2.45) is 0 Å². The summed E-state index contributed by atoms with van der Waals surface area (Å²) in [6.45, 7) is 6.72. The van der Waals surface area contributed by atoms with E-state index in [0.717, 1.165) is 24.9 Å². The highest BCUT2D eigenvalue weighted by Gasteiger charge is 2.38. The van der Waals surface area contributed by atoms with Gasteiger partial charge in [-0.05, 0) is 45.2 Å². The third kappa shape index (κ3) is 2.63. The van der Waals surface area contributed by atoms with Crippen LogP contribution in [0.1, 0.15) is 32.3 Å². The molecule has 2 aromatic rings. The number of para-hydroxylation sites is 1. The van der Waals surface area contributed by atoms with Crippen molar-refractivity contribution in [1.82, 2.24) is 9.47 Å². The Balaban J connectivity index is 1.84. The Bertz CT molecular complexity index is 697. The molecule has 1 atom stereocenters. The summed E-state index contributed by atoms with van der Waals surface area (Å²) >= 11 is 0. The van der Waals surface area contributed by atoms with E-state index in [4.69, 9.17) is 0 Å². The number of nitrogens with zero attached hydrogens (tertiary/aromatic N) is 2. The molecule has 0 bridgehead atoms. The lowest BCUT2D eigenvalue weighted by Crippen LogP contribution is -2.49. The van der Waals surface area contributed by atoms with Crippen molar-refractivity contribution in [1.29, 1.82) is 0 Å². The minimum atomic E-state index is -0.846. The third-order valence-electron chi connectivity index (χ3n) is 4.68. The van der Waals surface area contributed by atoms with E-state index in [1.807, 2.05) is 33.9 Å². The molecular formula is C18H24N2O2. The summed E-state index contributed by atoms with van der Waals surface area (Å²) in [5, 5.41) is 11.5. The molecule has 2 heterocycles. The van der Waals surface area contributed by atoms with Crippen LogP contribution in [-0.2, 0) is 11.3 Å². The van der Waals surface area contributed by atoms with E-state index in [2.05, 4.69) is 13.0 Å². The number of carbonyl (C=O) groups excluding carboxylic acids is 1. The number of aromatic nitrogens is 1. The van der Waals surface area contributed by atoms with Crippen LogP contribution in [0.3, 0.4) is 0 Å². The van der Waals surface area contributed by atoms with Crippen molar-refractivity contribution in [2.75, 3.05) is 6.54 Å². The lowest BCUT2D eigenvalue weighted by atomic mass is 9.96. The van der Waals surface area contributed by atoms with Crippen LogP contribution in [0.25, 0.3) is 10.9 Å². The Morgan fingerprint density at radius 2 is 2.09 bits per heavy atom. The highest BCUT2D eigenvalue weighted by Crippen LogP contribution is 2.27. The van der Waals surface area contributed by atoms with E-state index in [-0.39, 0.29) is 11.9 Å². The van der Waals surface area contributed by atoms with E-state index in [1.54, 1.807) is 13.8 Å². The lowest BCUT2D eigenvalue weighted by molar-refractivity contribution is -0.137. The highest BCUT2D eigenvalue weighted by molar-refractivity contribution is 5.86. The van der Waals surface area contributed by atoms with Crippen LogP contribution in [0.15, 0.2) is 30.5 Å². The first-order valence-electron chi connectivity index (χ1n) is 7.94. The van der Waals surface area contributed by atoms with Gasteiger partial charge in [-0.3, -0.25) is 4.79 Å². The largest absolute Gasteiger partial charge is 0.388 e. The van der Waals surface area contributed by atoms with Gasteiger partial charge in [0.05, 0.1) is 11.6 Å². The first-order chi connectivity index (χ1) is 10.4. The maximum Gasteiger partial charge on any atom is 0.242 e. The van der Waals surface area contributed by atoms with E-state index < -0.39 is 5.60 Å². The molecule has 1 unspecified atom stereocenters. The molecule has 1 aromatic heterocycles. The SMILES string of the molecule is Cc1cn(CC(=O)N2CCCC2C(C)(C)O)c2ccccc12.